The summed E-state index contributed by atoms with van der Waals surface area (Å²) in [5, 5.41) is 3.36. The lowest BCUT2D eigenvalue weighted by molar-refractivity contribution is 0.438. The van der Waals surface area contributed by atoms with Crippen LogP contribution in [-0.2, 0) is 0 Å². The van der Waals surface area contributed by atoms with Crippen LogP contribution in [0.15, 0.2) is 52.0 Å². The first-order valence-corrected chi connectivity index (χ1v) is 6.89. The molecule has 0 saturated carbocycles. The van der Waals surface area contributed by atoms with Gasteiger partial charge >= 0.3 is 0 Å². The van der Waals surface area contributed by atoms with Crippen LogP contribution in [0.1, 0.15) is 18.7 Å². The Balaban J connectivity index is 1.70. The Morgan fingerprint density at radius 3 is 2.94 bits per heavy atom. The minimum absolute atomic E-state index is 0.183. The van der Waals surface area contributed by atoms with Crippen molar-refractivity contribution in [3.63, 3.8) is 0 Å². The van der Waals surface area contributed by atoms with Crippen LogP contribution in [-0.4, -0.2) is 12.3 Å². The van der Waals surface area contributed by atoms with Gasteiger partial charge in [-0.05, 0) is 37.3 Å². The minimum atomic E-state index is -0.183. The zero-order valence-corrected chi connectivity index (χ0v) is 11.0. The highest BCUT2D eigenvalue weighted by molar-refractivity contribution is 7.99. The van der Waals surface area contributed by atoms with Crippen molar-refractivity contribution >= 4 is 11.8 Å². The molecule has 1 N–H and O–H groups in total. The molecule has 1 atom stereocenters. The van der Waals surface area contributed by atoms with Crippen LogP contribution in [0.2, 0.25) is 0 Å². The first-order valence-electron chi connectivity index (χ1n) is 5.91. The molecule has 2 aromatic rings. The fourth-order valence-corrected chi connectivity index (χ4v) is 2.47. The predicted molar refractivity (Wildman–Crippen MR) is 72.2 cm³/mol. The van der Waals surface area contributed by atoms with E-state index in [1.165, 1.54) is 6.07 Å². The SMILES string of the molecule is CC(NCCSc1cccc(F)c1)c1ccco1. The van der Waals surface area contributed by atoms with Crippen molar-refractivity contribution in [2.24, 2.45) is 0 Å². The summed E-state index contributed by atoms with van der Waals surface area (Å²) in [6, 6.07) is 10.7. The fraction of sp³-hybridized carbons (Fsp3) is 0.286. The molecule has 4 heteroatoms. The van der Waals surface area contributed by atoms with E-state index in [1.54, 1.807) is 30.2 Å². The van der Waals surface area contributed by atoms with E-state index in [-0.39, 0.29) is 11.9 Å². The monoisotopic (exact) mass is 265 g/mol. The summed E-state index contributed by atoms with van der Waals surface area (Å²) in [6.45, 7) is 2.91. The molecule has 0 radical (unpaired) electrons. The molecule has 2 rings (SSSR count). The molecule has 0 amide bonds. The van der Waals surface area contributed by atoms with Gasteiger partial charge in [0.15, 0.2) is 0 Å². The molecule has 0 saturated heterocycles. The Kier molecular flexibility index (Phi) is 4.84. The molecule has 0 aliphatic carbocycles. The van der Waals surface area contributed by atoms with E-state index >= 15 is 0 Å². The molecule has 1 heterocycles. The summed E-state index contributed by atoms with van der Waals surface area (Å²) in [4.78, 5) is 0.961. The maximum atomic E-state index is 12.9. The number of furan rings is 1. The summed E-state index contributed by atoms with van der Waals surface area (Å²) in [5.74, 6) is 1.65. The Morgan fingerprint density at radius 1 is 1.33 bits per heavy atom. The van der Waals surface area contributed by atoms with Crippen LogP contribution < -0.4 is 5.32 Å². The van der Waals surface area contributed by atoms with Crippen molar-refractivity contribution in [3.8, 4) is 0 Å². The van der Waals surface area contributed by atoms with Gasteiger partial charge in [0.2, 0.25) is 0 Å². The van der Waals surface area contributed by atoms with Gasteiger partial charge in [0, 0.05) is 17.2 Å². The predicted octanol–water partition coefficient (Wildman–Crippen LogP) is 3.86. The molecule has 1 unspecified atom stereocenters. The molecule has 0 aliphatic rings. The third-order valence-electron chi connectivity index (χ3n) is 2.59. The Bertz CT molecular complexity index is 472. The minimum Gasteiger partial charge on any atom is -0.468 e. The third-order valence-corrected chi connectivity index (χ3v) is 3.58. The average molecular weight is 265 g/mol. The second-order valence-corrected chi connectivity index (χ2v) is 5.17. The molecule has 0 spiro atoms. The normalized spacial score (nSPS) is 12.6. The van der Waals surface area contributed by atoms with Gasteiger partial charge in [-0.15, -0.1) is 11.8 Å². The van der Waals surface area contributed by atoms with Crippen LogP contribution in [0, 0.1) is 5.82 Å². The second-order valence-electron chi connectivity index (χ2n) is 4.00. The van der Waals surface area contributed by atoms with Crippen molar-refractivity contribution in [1.29, 1.82) is 0 Å². The van der Waals surface area contributed by atoms with Gasteiger partial charge < -0.3 is 9.73 Å². The molecule has 1 aromatic carbocycles. The summed E-state index contributed by atoms with van der Waals surface area (Å²) in [7, 11) is 0. The number of halogens is 1. The Labute approximate surface area is 111 Å². The van der Waals surface area contributed by atoms with Crippen molar-refractivity contribution in [2.75, 3.05) is 12.3 Å². The largest absolute Gasteiger partial charge is 0.468 e. The number of nitrogens with one attached hydrogen (secondary N) is 1. The summed E-state index contributed by atoms with van der Waals surface area (Å²) < 4.78 is 18.3. The highest BCUT2D eigenvalue weighted by Gasteiger charge is 2.06. The molecule has 0 bridgehead atoms. The van der Waals surface area contributed by atoms with Crippen LogP contribution in [0.25, 0.3) is 0 Å². The molecule has 96 valence electrons. The lowest BCUT2D eigenvalue weighted by atomic mass is 10.2. The third kappa shape index (κ3) is 3.89. The first kappa shape index (κ1) is 13.2. The molecule has 0 aliphatic heterocycles. The van der Waals surface area contributed by atoms with Crippen molar-refractivity contribution in [2.45, 2.75) is 17.9 Å². The summed E-state index contributed by atoms with van der Waals surface area (Å²) >= 11 is 1.64. The van der Waals surface area contributed by atoms with E-state index in [0.717, 1.165) is 23.0 Å². The molecular weight excluding hydrogens is 249 g/mol. The molecule has 18 heavy (non-hydrogen) atoms. The van der Waals surface area contributed by atoms with E-state index in [2.05, 4.69) is 12.2 Å². The van der Waals surface area contributed by atoms with E-state index in [9.17, 15) is 4.39 Å². The van der Waals surface area contributed by atoms with Crippen LogP contribution in [0.4, 0.5) is 4.39 Å². The van der Waals surface area contributed by atoms with E-state index in [1.807, 2.05) is 18.2 Å². The van der Waals surface area contributed by atoms with Crippen LogP contribution in [0.3, 0.4) is 0 Å². The van der Waals surface area contributed by atoms with E-state index in [4.69, 9.17) is 4.42 Å². The van der Waals surface area contributed by atoms with Gasteiger partial charge in [-0.25, -0.2) is 4.39 Å². The smallest absolute Gasteiger partial charge is 0.124 e. The zero-order valence-electron chi connectivity index (χ0n) is 10.2. The number of hydrogen-bond acceptors (Lipinski definition) is 3. The molecule has 0 fully saturated rings. The first-order chi connectivity index (χ1) is 8.75. The fourth-order valence-electron chi connectivity index (χ4n) is 1.64. The standard InChI is InChI=1S/C14H16FNOS/c1-11(14-6-3-8-17-14)16-7-9-18-13-5-2-4-12(15)10-13/h2-6,8,10-11,16H,7,9H2,1H3. The quantitative estimate of drug-likeness (QED) is 0.634. The van der Waals surface area contributed by atoms with Gasteiger partial charge in [-0.1, -0.05) is 6.07 Å². The molecular formula is C14H16FNOS. The van der Waals surface area contributed by atoms with E-state index in [0.29, 0.717) is 0 Å². The number of rotatable bonds is 6. The van der Waals surface area contributed by atoms with Gasteiger partial charge in [-0.3, -0.25) is 0 Å². The lowest BCUT2D eigenvalue weighted by Gasteiger charge is -2.10. The second kappa shape index (κ2) is 6.61. The van der Waals surface area contributed by atoms with Crippen LogP contribution in [0.5, 0.6) is 0 Å². The van der Waals surface area contributed by atoms with Gasteiger partial charge in [0.25, 0.3) is 0 Å². The topological polar surface area (TPSA) is 25.2 Å². The summed E-state index contributed by atoms with van der Waals surface area (Å²) in [5.41, 5.74) is 0. The van der Waals surface area contributed by atoms with Crippen LogP contribution >= 0.6 is 11.8 Å². The van der Waals surface area contributed by atoms with Crippen molar-refractivity contribution in [1.82, 2.24) is 5.32 Å². The van der Waals surface area contributed by atoms with Gasteiger partial charge in [0.05, 0.1) is 12.3 Å². The van der Waals surface area contributed by atoms with Gasteiger partial charge in [-0.2, -0.15) is 0 Å². The Morgan fingerprint density at radius 2 is 2.22 bits per heavy atom. The van der Waals surface area contributed by atoms with E-state index < -0.39 is 0 Å². The van der Waals surface area contributed by atoms with Crippen molar-refractivity contribution < 1.29 is 8.81 Å². The highest BCUT2D eigenvalue weighted by atomic mass is 32.2. The summed E-state index contributed by atoms with van der Waals surface area (Å²) in [6.07, 6.45) is 1.68. The highest BCUT2D eigenvalue weighted by Crippen LogP contribution is 2.18. The molecule has 1 aromatic heterocycles. The average Bonchev–Trinajstić information content (AvgIpc) is 2.88. The zero-order chi connectivity index (χ0) is 12.8. The molecule has 2 nitrogen and oxygen atoms in total. The number of thioether (sulfide) groups is 1. The number of hydrogen-bond donors (Lipinski definition) is 1. The number of benzene rings is 1. The van der Waals surface area contributed by atoms with Crippen molar-refractivity contribution in [3.05, 3.63) is 54.2 Å². The Hall–Kier alpha value is -1.26. The van der Waals surface area contributed by atoms with Gasteiger partial charge in [0.1, 0.15) is 11.6 Å². The lowest BCUT2D eigenvalue weighted by Crippen LogP contribution is -2.20. The maximum absolute atomic E-state index is 12.9. The maximum Gasteiger partial charge on any atom is 0.124 e.